The predicted octanol–water partition coefficient (Wildman–Crippen LogP) is 8.83. The van der Waals surface area contributed by atoms with Crippen molar-refractivity contribution in [3.8, 4) is 11.8 Å². The van der Waals surface area contributed by atoms with E-state index < -0.39 is 5.95 Å². The number of nitriles is 1. The van der Waals surface area contributed by atoms with E-state index in [4.69, 9.17) is 26.3 Å². The number of aromatic nitrogens is 2. The highest BCUT2D eigenvalue weighted by Gasteiger charge is 2.29. The Morgan fingerprint density at radius 2 is 1.85 bits per heavy atom. The summed E-state index contributed by atoms with van der Waals surface area (Å²) in [7, 11) is 1.63. The third-order valence-corrected chi connectivity index (χ3v) is 8.49. The number of fused-ring (bicyclic) bond motifs is 1. The van der Waals surface area contributed by atoms with Crippen LogP contribution in [0.25, 0.3) is 28.1 Å². The molecular formula is C34H31ClFN3O2. The summed E-state index contributed by atoms with van der Waals surface area (Å²) in [5.74, 6) is 0.510. The van der Waals surface area contributed by atoms with Crippen LogP contribution in [0.5, 0.6) is 5.75 Å². The quantitative estimate of drug-likeness (QED) is 0.165. The molecule has 41 heavy (non-hydrogen) atoms. The van der Waals surface area contributed by atoms with E-state index in [1.54, 1.807) is 17.9 Å². The van der Waals surface area contributed by atoms with E-state index in [1.807, 2.05) is 48.5 Å². The molecule has 2 aliphatic rings. The predicted molar refractivity (Wildman–Crippen MR) is 161 cm³/mol. The van der Waals surface area contributed by atoms with Gasteiger partial charge in [0.05, 0.1) is 29.1 Å². The molecule has 208 valence electrons. The van der Waals surface area contributed by atoms with Crippen LogP contribution in [0, 0.1) is 23.2 Å². The Labute approximate surface area is 244 Å². The maximum atomic E-state index is 15.4. The molecule has 1 saturated carbocycles. The molecule has 2 fully saturated rings. The van der Waals surface area contributed by atoms with Crippen molar-refractivity contribution in [1.82, 2.24) is 9.78 Å². The molecule has 1 unspecified atom stereocenters. The molecule has 1 aliphatic carbocycles. The van der Waals surface area contributed by atoms with Crippen molar-refractivity contribution in [3.05, 3.63) is 100.0 Å². The van der Waals surface area contributed by atoms with Crippen molar-refractivity contribution in [3.63, 3.8) is 0 Å². The van der Waals surface area contributed by atoms with E-state index >= 15 is 4.39 Å². The number of rotatable bonds is 7. The first-order valence-electron chi connectivity index (χ1n) is 14.1. The number of nitrogens with zero attached hydrogens (tertiary/aromatic N) is 3. The SMILES string of the molecule is COc1ccc(C(=C(c2ccc(C=CC#N)cc2)c2ccc3c(c2)c(F)nn3C2CCCCO2)C2CCC2)c(Cl)c1. The van der Waals surface area contributed by atoms with Gasteiger partial charge in [-0.3, -0.25) is 0 Å². The summed E-state index contributed by atoms with van der Waals surface area (Å²) in [6.45, 7) is 0.658. The van der Waals surface area contributed by atoms with Crippen molar-refractivity contribution in [2.45, 2.75) is 44.8 Å². The molecule has 5 nitrogen and oxygen atoms in total. The second-order valence-corrected chi connectivity index (χ2v) is 11.0. The average Bonchev–Trinajstić information content (AvgIpc) is 3.31. The highest BCUT2D eigenvalue weighted by atomic mass is 35.5. The maximum Gasteiger partial charge on any atom is 0.240 e. The van der Waals surface area contributed by atoms with Crippen LogP contribution in [0.4, 0.5) is 4.39 Å². The van der Waals surface area contributed by atoms with Gasteiger partial charge >= 0.3 is 0 Å². The highest BCUT2D eigenvalue weighted by molar-refractivity contribution is 6.33. The first-order chi connectivity index (χ1) is 20.1. The second kappa shape index (κ2) is 11.9. The van der Waals surface area contributed by atoms with Crippen LogP contribution >= 0.6 is 11.6 Å². The van der Waals surface area contributed by atoms with Gasteiger partial charge in [-0.05, 0) is 108 Å². The molecule has 1 aliphatic heterocycles. The molecule has 1 aromatic heterocycles. The number of benzene rings is 3. The first-order valence-corrected chi connectivity index (χ1v) is 14.5. The van der Waals surface area contributed by atoms with Gasteiger partial charge in [0, 0.05) is 12.7 Å². The monoisotopic (exact) mass is 567 g/mol. The topological polar surface area (TPSA) is 60.1 Å². The van der Waals surface area contributed by atoms with E-state index in [-0.39, 0.29) is 6.23 Å². The van der Waals surface area contributed by atoms with Gasteiger partial charge in [0.2, 0.25) is 5.95 Å². The summed E-state index contributed by atoms with van der Waals surface area (Å²) >= 11 is 6.90. The van der Waals surface area contributed by atoms with Gasteiger partial charge in [-0.1, -0.05) is 48.4 Å². The molecule has 1 atom stereocenters. The Hall–Kier alpha value is -3.92. The van der Waals surface area contributed by atoms with Gasteiger partial charge in [0.25, 0.3) is 0 Å². The van der Waals surface area contributed by atoms with Gasteiger partial charge < -0.3 is 9.47 Å². The Bertz CT molecular complexity index is 1670. The largest absolute Gasteiger partial charge is 0.497 e. The average molecular weight is 568 g/mol. The molecule has 3 aromatic carbocycles. The normalized spacial score (nSPS) is 18.2. The number of methoxy groups -OCH3 is 1. The van der Waals surface area contributed by atoms with Crippen molar-refractivity contribution in [2.24, 2.45) is 5.92 Å². The molecular weight excluding hydrogens is 537 g/mol. The van der Waals surface area contributed by atoms with Gasteiger partial charge in [0.15, 0.2) is 6.23 Å². The molecule has 6 rings (SSSR count). The minimum Gasteiger partial charge on any atom is -0.497 e. The number of ether oxygens (including phenoxy) is 2. The van der Waals surface area contributed by atoms with Gasteiger partial charge in [-0.15, -0.1) is 5.10 Å². The fourth-order valence-electron chi connectivity index (χ4n) is 5.86. The molecule has 4 aromatic rings. The Morgan fingerprint density at radius 1 is 1.05 bits per heavy atom. The first kappa shape index (κ1) is 27.3. The standard InChI is InChI=1S/C34H31ClFN3O2/c1-40-26-15-16-27(29(35)21-26)33(23-7-4-8-23)32(24-12-10-22(11-13-24)6-5-18-37)25-14-17-30-28(20-25)34(36)38-39(30)31-9-2-3-19-41-31/h5-6,10-17,20-21,23,31H,2-4,7-9,19H2,1H3. The third kappa shape index (κ3) is 5.40. The van der Waals surface area contributed by atoms with Gasteiger partial charge in [-0.25, -0.2) is 4.68 Å². The van der Waals surface area contributed by atoms with E-state index in [0.717, 1.165) is 77.4 Å². The van der Waals surface area contributed by atoms with Crippen LogP contribution in [0.2, 0.25) is 5.02 Å². The van der Waals surface area contributed by atoms with Crippen molar-refractivity contribution < 1.29 is 13.9 Å². The van der Waals surface area contributed by atoms with E-state index in [0.29, 0.717) is 28.7 Å². The van der Waals surface area contributed by atoms with E-state index in [1.165, 1.54) is 6.08 Å². The van der Waals surface area contributed by atoms with Crippen LogP contribution in [0.1, 0.15) is 67.0 Å². The molecule has 0 bridgehead atoms. The number of halogens is 2. The lowest BCUT2D eigenvalue weighted by Crippen LogP contribution is -2.19. The lowest BCUT2D eigenvalue weighted by molar-refractivity contribution is -0.0375. The fourth-order valence-corrected chi connectivity index (χ4v) is 6.14. The van der Waals surface area contributed by atoms with Crippen molar-refractivity contribution in [1.29, 1.82) is 5.26 Å². The summed E-state index contributed by atoms with van der Waals surface area (Å²) < 4.78 is 28.5. The molecule has 0 N–H and O–H groups in total. The van der Waals surface area contributed by atoms with Crippen molar-refractivity contribution in [2.75, 3.05) is 13.7 Å². The Kier molecular flexibility index (Phi) is 7.91. The van der Waals surface area contributed by atoms with Gasteiger partial charge in [0.1, 0.15) is 5.75 Å². The molecule has 2 heterocycles. The molecule has 1 saturated heterocycles. The smallest absolute Gasteiger partial charge is 0.240 e. The summed E-state index contributed by atoms with van der Waals surface area (Å²) in [4.78, 5) is 0. The van der Waals surface area contributed by atoms with Crippen LogP contribution in [-0.4, -0.2) is 23.5 Å². The third-order valence-electron chi connectivity index (χ3n) is 8.18. The summed E-state index contributed by atoms with van der Waals surface area (Å²) in [6, 6.07) is 21.9. The number of allylic oxidation sites excluding steroid dienone is 2. The van der Waals surface area contributed by atoms with Crippen LogP contribution < -0.4 is 4.74 Å². The minimum atomic E-state index is -0.500. The second-order valence-electron chi connectivity index (χ2n) is 10.6. The number of hydrogen-bond acceptors (Lipinski definition) is 4. The molecule has 7 heteroatoms. The van der Waals surface area contributed by atoms with E-state index in [2.05, 4.69) is 23.3 Å². The van der Waals surface area contributed by atoms with Crippen LogP contribution in [-0.2, 0) is 4.74 Å². The lowest BCUT2D eigenvalue weighted by Gasteiger charge is -2.32. The Morgan fingerprint density at radius 3 is 2.51 bits per heavy atom. The summed E-state index contributed by atoms with van der Waals surface area (Å²) in [5.41, 5.74) is 6.66. The van der Waals surface area contributed by atoms with Crippen molar-refractivity contribution >= 4 is 39.7 Å². The number of hydrogen-bond donors (Lipinski definition) is 0. The van der Waals surface area contributed by atoms with Gasteiger partial charge in [-0.2, -0.15) is 9.65 Å². The van der Waals surface area contributed by atoms with Crippen LogP contribution in [0.3, 0.4) is 0 Å². The molecule has 0 amide bonds. The highest BCUT2D eigenvalue weighted by Crippen LogP contribution is 2.47. The summed E-state index contributed by atoms with van der Waals surface area (Å²) in [5, 5.41) is 14.3. The Balaban J connectivity index is 1.56. The van der Waals surface area contributed by atoms with E-state index in [9.17, 15) is 0 Å². The molecule has 0 spiro atoms. The minimum absolute atomic E-state index is 0.255. The zero-order valence-corrected chi connectivity index (χ0v) is 23.7. The maximum absolute atomic E-state index is 15.4. The molecule has 0 radical (unpaired) electrons. The zero-order valence-electron chi connectivity index (χ0n) is 22.9. The summed E-state index contributed by atoms with van der Waals surface area (Å²) in [6.07, 6.45) is 9.11. The fraction of sp³-hybridized carbons (Fsp3) is 0.294. The zero-order chi connectivity index (χ0) is 28.3. The lowest BCUT2D eigenvalue weighted by atomic mass is 9.73. The van der Waals surface area contributed by atoms with Crippen LogP contribution in [0.15, 0.2) is 66.7 Å².